The number of anilines is 1. The molecule has 0 atom stereocenters. The average Bonchev–Trinajstić information content (AvgIpc) is 2.43. The van der Waals surface area contributed by atoms with E-state index in [-0.39, 0.29) is 10.6 Å². The number of carbonyl (C=O) groups is 2. The predicted octanol–water partition coefficient (Wildman–Crippen LogP) is 3.89. The van der Waals surface area contributed by atoms with E-state index in [1.54, 1.807) is 18.2 Å². The summed E-state index contributed by atoms with van der Waals surface area (Å²) in [5, 5.41) is 12.3. The minimum atomic E-state index is -1.04. The number of amides is 1. The van der Waals surface area contributed by atoms with Gasteiger partial charge in [-0.25, -0.2) is 4.79 Å². The summed E-state index contributed by atoms with van der Waals surface area (Å²) >= 11 is 11.9. The molecule has 1 amide bonds. The lowest BCUT2D eigenvalue weighted by atomic mass is 9.91. The molecule has 6 heteroatoms. The van der Waals surface area contributed by atoms with Crippen LogP contribution < -0.4 is 5.32 Å². The largest absolute Gasteiger partial charge is 0.478 e. The van der Waals surface area contributed by atoms with E-state index < -0.39 is 11.9 Å². The fourth-order valence-electron chi connectivity index (χ4n) is 2.19. The van der Waals surface area contributed by atoms with Crippen molar-refractivity contribution in [3.8, 4) is 0 Å². The van der Waals surface area contributed by atoms with Crippen molar-refractivity contribution in [1.29, 1.82) is 0 Å². The van der Waals surface area contributed by atoms with Gasteiger partial charge in [-0.15, -0.1) is 0 Å². The summed E-state index contributed by atoms with van der Waals surface area (Å²) in [7, 11) is 0. The van der Waals surface area contributed by atoms with Gasteiger partial charge in [0.25, 0.3) is 5.91 Å². The van der Waals surface area contributed by atoms with Crippen molar-refractivity contribution in [2.24, 2.45) is 0 Å². The van der Waals surface area contributed by atoms with E-state index in [9.17, 15) is 9.59 Å². The Labute approximate surface area is 126 Å². The molecule has 1 aliphatic carbocycles. The van der Waals surface area contributed by atoms with E-state index in [0.29, 0.717) is 29.1 Å². The summed E-state index contributed by atoms with van der Waals surface area (Å²) in [4.78, 5) is 23.4. The number of rotatable bonds is 3. The number of aliphatic carboxylic acids is 1. The molecule has 2 rings (SSSR count). The number of halogens is 2. The number of benzene rings is 1. The molecule has 0 saturated carbocycles. The van der Waals surface area contributed by atoms with E-state index >= 15 is 0 Å². The van der Waals surface area contributed by atoms with Crippen molar-refractivity contribution in [3.63, 3.8) is 0 Å². The molecular formula is C14H13Cl2NO3. The zero-order chi connectivity index (χ0) is 14.7. The molecule has 106 valence electrons. The molecule has 0 spiro atoms. The van der Waals surface area contributed by atoms with Gasteiger partial charge < -0.3 is 10.4 Å². The SMILES string of the molecule is O=C(O)C1=C(C(=O)Nc2cccc(Cl)c2Cl)CCCC1. The Morgan fingerprint density at radius 1 is 1.10 bits per heavy atom. The second-order valence-corrected chi connectivity index (χ2v) is 5.31. The Hall–Kier alpha value is -1.52. The third kappa shape index (κ3) is 3.14. The van der Waals surface area contributed by atoms with Crippen LogP contribution in [0.15, 0.2) is 29.3 Å². The van der Waals surface area contributed by atoms with E-state index in [4.69, 9.17) is 28.3 Å². The lowest BCUT2D eigenvalue weighted by Crippen LogP contribution is -2.21. The van der Waals surface area contributed by atoms with Crippen molar-refractivity contribution < 1.29 is 14.7 Å². The van der Waals surface area contributed by atoms with Crippen LogP contribution in [0.4, 0.5) is 5.69 Å². The second-order valence-electron chi connectivity index (χ2n) is 4.52. The molecule has 1 aromatic carbocycles. The van der Waals surface area contributed by atoms with Gasteiger partial charge in [0.1, 0.15) is 0 Å². The summed E-state index contributed by atoms with van der Waals surface area (Å²) in [5.74, 6) is -1.46. The molecule has 0 heterocycles. The lowest BCUT2D eigenvalue weighted by molar-refractivity contribution is -0.133. The van der Waals surface area contributed by atoms with Crippen LogP contribution in [0.1, 0.15) is 25.7 Å². The van der Waals surface area contributed by atoms with Crippen LogP contribution in [0.3, 0.4) is 0 Å². The number of nitrogens with one attached hydrogen (secondary N) is 1. The highest BCUT2D eigenvalue weighted by Gasteiger charge is 2.24. The zero-order valence-electron chi connectivity index (χ0n) is 10.6. The third-order valence-corrected chi connectivity index (χ3v) is 4.02. The molecule has 0 fully saturated rings. The Bertz CT molecular complexity index is 596. The van der Waals surface area contributed by atoms with Crippen molar-refractivity contribution in [1.82, 2.24) is 0 Å². The average molecular weight is 314 g/mol. The van der Waals surface area contributed by atoms with Crippen LogP contribution in [0, 0.1) is 0 Å². The number of carboxylic acids is 1. The van der Waals surface area contributed by atoms with Crippen molar-refractivity contribution in [2.45, 2.75) is 25.7 Å². The molecule has 2 N–H and O–H groups in total. The molecule has 0 aromatic heterocycles. The molecule has 4 nitrogen and oxygen atoms in total. The summed E-state index contributed by atoms with van der Waals surface area (Å²) in [5.41, 5.74) is 0.888. The van der Waals surface area contributed by atoms with Crippen LogP contribution in [0.25, 0.3) is 0 Å². The van der Waals surface area contributed by atoms with E-state index in [1.807, 2.05) is 0 Å². The molecule has 0 radical (unpaired) electrons. The molecule has 0 aliphatic heterocycles. The van der Waals surface area contributed by atoms with Gasteiger partial charge in [0, 0.05) is 11.1 Å². The molecule has 1 aliphatic rings. The lowest BCUT2D eigenvalue weighted by Gasteiger charge is -2.17. The van der Waals surface area contributed by atoms with E-state index in [2.05, 4.69) is 5.32 Å². The maximum absolute atomic E-state index is 12.2. The van der Waals surface area contributed by atoms with Gasteiger partial charge in [-0.3, -0.25) is 4.79 Å². The smallest absolute Gasteiger partial charge is 0.332 e. The Morgan fingerprint density at radius 2 is 1.75 bits per heavy atom. The summed E-state index contributed by atoms with van der Waals surface area (Å²) in [6.07, 6.45) is 2.48. The molecule has 0 saturated heterocycles. The number of hydrogen-bond acceptors (Lipinski definition) is 2. The summed E-state index contributed by atoms with van der Waals surface area (Å²) in [6, 6.07) is 4.90. The minimum Gasteiger partial charge on any atom is -0.478 e. The first kappa shape index (κ1) is 14.9. The first-order valence-electron chi connectivity index (χ1n) is 6.21. The van der Waals surface area contributed by atoms with Gasteiger partial charge in [0.15, 0.2) is 0 Å². The summed E-state index contributed by atoms with van der Waals surface area (Å²) in [6.45, 7) is 0. The highest BCUT2D eigenvalue weighted by Crippen LogP contribution is 2.31. The van der Waals surface area contributed by atoms with Crippen LogP contribution in [-0.2, 0) is 9.59 Å². The fourth-order valence-corrected chi connectivity index (χ4v) is 2.54. The van der Waals surface area contributed by atoms with Crippen LogP contribution in [-0.4, -0.2) is 17.0 Å². The van der Waals surface area contributed by atoms with Gasteiger partial charge in [-0.2, -0.15) is 0 Å². The second kappa shape index (κ2) is 6.29. The van der Waals surface area contributed by atoms with Gasteiger partial charge >= 0.3 is 5.97 Å². The van der Waals surface area contributed by atoms with E-state index in [1.165, 1.54) is 0 Å². The van der Waals surface area contributed by atoms with Gasteiger partial charge in [0.2, 0.25) is 0 Å². The minimum absolute atomic E-state index is 0.187. The Morgan fingerprint density at radius 3 is 2.40 bits per heavy atom. The maximum atomic E-state index is 12.2. The Kier molecular flexibility index (Phi) is 4.68. The molecule has 20 heavy (non-hydrogen) atoms. The van der Waals surface area contributed by atoms with Crippen molar-refractivity contribution in [2.75, 3.05) is 5.32 Å². The number of hydrogen-bond donors (Lipinski definition) is 2. The zero-order valence-corrected chi connectivity index (χ0v) is 12.1. The molecular weight excluding hydrogens is 301 g/mol. The molecule has 0 unspecified atom stereocenters. The normalized spacial score (nSPS) is 15.1. The first-order chi connectivity index (χ1) is 9.50. The number of carboxylic acid groups (broad SMARTS) is 1. The Balaban J connectivity index is 2.27. The number of carbonyl (C=O) groups excluding carboxylic acids is 1. The van der Waals surface area contributed by atoms with Crippen LogP contribution >= 0.6 is 23.2 Å². The molecule has 0 bridgehead atoms. The van der Waals surface area contributed by atoms with Crippen molar-refractivity contribution in [3.05, 3.63) is 39.4 Å². The van der Waals surface area contributed by atoms with Gasteiger partial charge in [0.05, 0.1) is 15.7 Å². The first-order valence-corrected chi connectivity index (χ1v) is 6.97. The quantitative estimate of drug-likeness (QED) is 0.889. The maximum Gasteiger partial charge on any atom is 0.332 e. The van der Waals surface area contributed by atoms with Crippen LogP contribution in [0.2, 0.25) is 10.0 Å². The van der Waals surface area contributed by atoms with Crippen LogP contribution in [0.5, 0.6) is 0 Å². The monoisotopic (exact) mass is 313 g/mol. The topological polar surface area (TPSA) is 66.4 Å². The van der Waals surface area contributed by atoms with E-state index in [0.717, 1.165) is 12.8 Å². The van der Waals surface area contributed by atoms with Gasteiger partial charge in [-0.1, -0.05) is 29.3 Å². The van der Waals surface area contributed by atoms with Crippen molar-refractivity contribution >= 4 is 40.8 Å². The standard InChI is InChI=1S/C14H13Cl2NO3/c15-10-6-3-7-11(12(10)16)17-13(18)8-4-1-2-5-9(8)14(19)20/h3,6-7H,1-2,4-5H2,(H,17,18)(H,19,20). The van der Waals surface area contributed by atoms with Gasteiger partial charge in [-0.05, 0) is 37.8 Å². The fraction of sp³-hybridized carbons (Fsp3) is 0.286. The predicted molar refractivity (Wildman–Crippen MR) is 78.2 cm³/mol. The highest BCUT2D eigenvalue weighted by molar-refractivity contribution is 6.44. The molecule has 1 aromatic rings. The summed E-state index contributed by atoms with van der Waals surface area (Å²) < 4.78 is 0. The highest BCUT2D eigenvalue weighted by atomic mass is 35.5. The third-order valence-electron chi connectivity index (χ3n) is 3.20.